The molecule has 2 aromatic rings. The molecule has 0 saturated carbocycles. The molecule has 0 atom stereocenters. The lowest BCUT2D eigenvalue weighted by Gasteiger charge is -2.07. The van der Waals surface area contributed by atoms with Crippen LogP contribution in [0.2, 0.25) is 10.0 Å². The molecule has 1 heterocycles. The van der Waals surface area contributed by atoms with Crippen molar-refractivity contribution in [2.45, 2.75) is 26.4 Å². The van der Waals surface area contributed by atoms with Gasteiger partial charge in [-0.15, -0.1) is 5.10 Å². The molecule has 0 fully saturated rings. The van der Waals surface area contributed by atoms with E-state index in [2.05, 4.69) is 22.6 Å². The second-order valence-electron chi connectivity index (χ2n) is 4.57. The molecule has 21 heavy (non-hydrogen) atoms. The van der Waals surface area contributed by atoms with Crippen LogP contribution in [0.15, 0.2) is 24.4 Å². The van der Waals surface area contributed by atoms with Gasteiger partial charge in [-0.1, -0.05) is 35.3 Å². The first-order valence-corrected chi connectivity index (χ1v) is 7.62. The molecule has 0 saturated heterocycles. The number of aromatic nitrogens is 3. The second-order valence-corrected chi connectivity index (χ2v) is 5.42. The molecule has 0 bridgehead atoms. The standard InChI is InChI=1S/C14H18Cl2N4O/c1-2-5-17-9-12-10-20(19-18-12)6-7-21-14-4-3-11(15)8-13(14)16/h3-4,8,10,17H,2,5-7,9H2,1H3. The molecule has 0 spiro atoms. The fraction of sp³-hybridized carbons (Fsp3) is 0.429. The zero-order chi connectivity index (χ0) is 15.1. The monoisotopic (exact) mass is 328 g/mol. The average molecular weight is 329 g/mol. The van der Waals surface area contributed by atoms with E-state index in [0.717, 1.165) is 25.2 Å². The molecule has 0 unspecified atom stereocenters. The second kappa shape index (κ2) is 8.22. The van der Waals surface area contributed by atoms with Gasteiger partial charge in [0.1, 0.15) is 12.4 Å². The van der Waals surface area contributed by atoms with E-state index < -0.39 is 0 Å². The number of benzene rings is 1. The van der Waals surface area contributed by atoms with Crippen LogP contribution in [0.3, 0.4) is 0 Å². The third kappa shape index (κ3) is 5.19. The summed E-state index contributed by atoms with van der Waals surface area (Å²) >= 11 is 11.9. The van der Waals surface area contributed by atoms with E-state index in [0.29, 0.717) is 28.9 Å². The Labute approximate surface area is 134 Å². The summed E-state index contributed by atoms with van der Waals surface area (Å²) < 4.78 is 7.37. The number of nitrogens with one attached hydrogen (secondary N) is 1. The van der Waals surface area contributed by atoms with E-state index in [1.807, 2.05) is 6.20 Å². The van der Waals surface area contributed by atoms with Crippen LogP contribution < -0.4 is 10.1 Å². The molecule has 114 valence electrons. The third-order valence-corrected chi connectivity index (χ3v) is 3.32. The fourth-order valence-electron chi connectivity index (χ4n) is 1.76. The summed E-state index contributed by atoms with van der Waals surface area (Å²) in [7, 11) is 0. The van der Waals surface area contributed by atoms with Crippen molar-refractivity contribution in [1.82, 2.24) is 20.3 Å². The Bertz CT molecular complexity index is 574. The summed E-state index contributed by atoms with van der Waals surface area (Å²) in [5, 5.41) is 12.5. The normalized spacial score (nSPS) is 10.8. The molecule has 2 rings (SSSR count). The predicted octanol–water partition coefficient (Wildman–Crippen LogP) is 3.16. The fourth-order valence-corrected chi connectivity index (χ4v) is 2.23. The Morgan fingerprint density at radius 1 is 1.33 bits per heavy atom. The molecule has 7 heteroatoms. The quantitative estimate of drug-likeness (QED) is 0.756. The van der Waals surface area contributed by atoms with Crippen LogP contribution in [0.1, 0.15) is 19.0 Å². The third-order valence-electron chi connectivity index (χ3n) is 2.79. The van der Waals surface area contributed by atoms with Crippen molar-refractivity contribution in [3.63, 3.8) is 0 Å². The Morgan fingerprint density at radius 2 is 2.19 bits per heavy atom. The van der Waals surface area contributed by atoms with Gasteiger partial charge in [0.15, 0.2) is 0 Å². The van der Waals surface area contributed by atoms with Gasteiger partial charge in [0.05, 0.1) is 17.3 Å². The van der Waals surface area contributed by atoms with Crippen LogP contribution in [0, 0.1) is 0 Å². The molecule has 0 aliphatic heterocycles. The first-order chi connectivity index (χ1) is 10.2. The lowest BCUT2D eigenvalue weighted by Crippen LogP contribution is -2.14. The largest absolute Gasteiger partial charge is 0.490 e. The van der Waals surface area contributed by atoms with Crippen LogP contribution in [0.25, 0.3) is 0 Å². The summed E-state index contributed by atoms with van der Waals surface area (Å²) in [6, 6.07) is 5.16. The van der Waals surface area contributed by atoms with Gasteiger partial charge in [0, 0.05) is 17.8 Å². The van der Waals surface area contributed by atoms with E-state index in [-0.39, 0.29) is 0 Å². The number of nitrogens with zero attached hydrogens (tertiary/aromatic N) is 3. The number of hydrogen-bond acceptors (Lipinski definition) is 4. The van der Waals surface area contributed by atoms with Gasteiger partial charge >= 0.3 is 0 Å². The highest BCUT2D eigenvalue weighted by atomic mass is 35.5. The summed E-state index contributed by atoms with van der Waals surface area (Å²) in [6.45, 7) is 4.91. The molecule has 0 aliphatic rings. The van der Waals surface area contributed by atoms with E-state index in [9.17, 15) is 0 Å². The minimum Gasteiger partial charge on any atom is -0.490 e. The molecule has 0 radical (unpaired) electrons. The highest BCUT2D eigenvalue weighted by Crippen LogP contribution is 2.27. The summed E-state index contributed by atoms with van der Waals surface area (Å²) in [5.74, 6) is 0.617. The Kier molecular flexibility index (Phi) is 6.29. The Balaban J connectivity index is 1.78. The van der Waals surface area contributed by atoms with Crippen LogP contribution in [0.5, 0.6) is 5.75 Å². The molecule has 0 aliphatic carbocycles. The molecule has 1 aromatic heterocycles. The van der Waals surface area contributed by atoms with Crippen molar-refractivity contribution in [1.29, 1.82) is 0 Å². The topological polar surface area (TPSA) is 52.0 Å². The zero-order valence-corrected chi connectivity index (χ0v) is 13.4. The lowest BCUT2D eigenvalue weighted by molar-refractivity contribution is 0.290. The summed E-state index contributed by atoms with van der Waals surface area (Å²) in [6.07, 6.45) is 3.01. The average Bonchev–Trinajstić information content (AvgIpc) is 2.89. The Morgan fingerprint density at radius 3 is 2.95 bits per heavy atom. The van der Waals surface area contributed by atoms with E-state index in [1.165, 1.54) is 0 Å². The molecular formula is C14H18Cl2N4O. The molecule has 1 N–H and O–H groups in total. The van der Waals surface area contributed by atoms with Crippen molar-refractivity contribution in [3.8, 4) is 5.75 Å². The lowest BCUT2D eigenvalue weighted by atomic mass is 10.3. The summed E-state index contributed by atoms with van der Waals surface area (Å²) in [4.78, 5) is 0. The number of rotatable bonds is 8. The van der Waals surface area contributed by atoms with Crippen molar-refractivity contribution in [3.05, 3.63) is 40.1 Å². The molecule has 1 aromatic carbocycles. The van der Waals surface area contributed by atoms with Crippen molar-refractivity contribution in [2.75, 3.05) is 13.2 Å². The minimum absolute atomic E-state index is 0.465. The van der Waals surface area contributed by atoms with Gasteiger partial charge in [-0.25, -0.2) is 4.68 Å². The predicted molar refractivity (Wildman–Crippen MR) is 84.0 cm³/mol. The number of ether oxygens (including phenoxy) is 1. The van der Waals surface area contributed by atoms with Gasteiger partial charge in [-0.3, -0.25) is 0 Å². The molecule has 5 nitrogen and oxygen atoms in total. The highest BCUT2D eigenvalue weighted by Gasteiger charge is 2.04. The maximum absolute atomic E-state index is 6.03. The molecule has 0 amide bonds. The maximum atomic E-state index is 6.03. The van der Waals surface area contributed by atoms with Gasteiger partial charge in [0.25, 0.3) is 0 Å². The summed E-state index contributed by atoms with van der Waals surface area (Å²) in [5.41, 5.74) is 0.924. The smallest absolute Gasteiger partial charge is 0.138 e. The SMILES string of the molecule is CCCNCc1cn(CCOc2ccc(Cl)cc2Cl)nn1. The number of hydrogen-bond donors (Lipinski definition) is 1. The van der Waals surface area contributed by atoms with Crippen molar-refractivity contribution in [2.24, 2.45) is 0 Å². The molecular weight excluding hydrogens is 311 g/mol. The van der Waals surface area contributed by atoms with Crippen LogP contribution in [-0.4, -0.2) is 28.1 Å². The van der Waals surface area contributed by atoms with Gasteiger partial charge in [-0.05, 0) is 31.2 Å². The highest BCUT2D eigenvalue weighted by molar-refractivity contribution is 6.35. The van der Waals surface area contributed by atoms with E-state index in [4.69, 9.17) is 27.9 Å². The first-order valence-electron chi connectivity index (χ1n) is 6.86. The van der Waals surface area contributed by atoms with Crippen LogP contribution in [0.4, 0.5) is 0 Å². The maximum Gasteiger partial charge on any atom is 0.138 e. The van der Waals surface area contributed by atoms with Crippen molar-refractivity contribution >= 4 is 23.2 Å². The van der Waals surface area contributed by atoms with E-state index in [1.54, 1.807) is 22.9 Å². The minimum atomic E-state index is 0.465. The van der Waals surface area contributed by atoms with Crippen LogP contribution in [-0.2, 0) is 13.1 Å². The van der Waals surface area contributed by atoms with Gasteiger partial charge in [-0.2, -0.15) is 0 Å². The van der Waals surface area contributed by atoms with Gasteiger partial charge < -0.3 is 10.1 Å². The van der Waals surface area contributed by atoms with E-state index >= 15 is 0 Å². The van der Waals surface area contributed by atoms with Crippen LogP contribution >= 0.6 is 23.2 Å². The first kappa shape index (κ1) is 16.1. The van der Waals surface area contributed by atoms with Crippen molar-refractivity contribution < 1.29 is 4.74 Å². The van der Waals surface area contributed by atoms with Gasteiger partial charge in [0.2, 0.25) is 0 Å². The number of halogens is 2. The Hall–Kier alpha value is -1.30. The zero-order valence-electron chi connectivity index (χ0n) is 11.9.